The molecule has 0 amide bonds. The summed E-state index contributed by atoms with van der Waals surface area (Å²) in [5, 5.41) is 0. The number of hydrogen-bond donors (Lipinski definition) is 1. The number of hydrogen-bond acceptors (Lipinski definition) is 2. The first kappa shape index (κ1) is 15.8. The molecule has 0 bridgehead atoms. The van der Waals surface area contributed by atoms with Gasteiger partial charge < -0.3 is 5.73 Å². The minimum atomic E-state index is -2.69. The highest BCUT2D eigenvalue weighted by Crippen LogP contribution is 2.16. The second-order valence-electron chi connectivity index (χ2n) is 3.04. The molecule has 1 fully saturated rings. The molecule has 6 heteroatoms. The molecule has 1 aliphatic rings. The molecule has 1 aliphatic heterocycles. The fourth-order valence-corrected chi connectivity index (χ4v) is 1.33. The maximum absolute atomic E-state index is 12.6. The van der Waals surface area contributed by atoms with Gasteiger partial charge in [-0.15, -0.1) is 24.8 Å². The number of nitrogens with zero attached hydrogens (tertiary/aromatic N) is 1. The molecule has 2 N–H and O–H groups in total. The SMILES string of the molecule is Cl.Cl.NCC(F)(F)CN1CCCC1. The van der Waals surface area contributed by atoms with Gasteiger partial charge in [0.05, 0.1) is 13.1 Å². The van der Waals surface area contributed by atoms with Crippen LogP contribution in [0.2, 0.25) is 0 Å². The Balaban J connectivity index is 0. The Hall–Kier alpha value is 0.360. The van der Waals surface area contributed by atoms with E-state index in [1.54, 1.807) is 4.90 Å². The lowest BCUT2D eigenvalue weighted by atomic mass is 10.3. The Bertz CT molecular complexity index is 130. The monoisotopic (exact) mass is 236 g/mol. The molecule has 0 atom stereocenters. The van der Waals surface area contributed by atoms with Gasteiger partial charge in [-0.2, -0.15) is 0 Å². The van der Waals surface area contributed by atoms with Gasteiger partial charge in [0.25, 0.3) is 5.92 Å². The van der Waals surface area contributed by atoms with Gasteiger partial charge in [-0.05, 0) is 25.9 Å². The van der Waals surface area contributed by atoms with Gasteiger partial charge in [-0.3, -0.25) is 4.90 Å². The van der Waals surface area contributed by atoms with Crippen LogP contribution in [0.4, 0.5) is 8.78 Å². The standard InChI is InChI=1S/C7H14F2N2.2ClH/c8-7(9,5-10)6-11-3-1-2-4-11;;/h1-6,10H2;2*1H. The summed E-state index contributed by atoms with van der Waals surface area (Å²) in [4.78, 5) is 1.77. The van der Waals surface area contributed by atoms with E-state index in [-0.39, 0.29) is 31.4 Å². The second-order valence-corrected chi connectivity index (χ2v) is 3.04. The van der Waals surface area contributed by atoms with Gasteiger partial charge in [0.1, 0.15) is 0 Å². The van der Waals surface area contributed by atoms with Crippen LogP contribution >= 0.6 is 24.8 Å². The predicted octanol–water partition coefficient (Wildman–Crippen LogP) is 1.52. The van der Waals surface area contributed by atoms with Crippen LogP contribution in [0.3, 0.4) is 0 Å². The Morgan fingerprint density at radius 2 is 1.62 bits per heavy atom. The fraction of sp³-hybridized carbons (Fsp3) is 1.00. The molecule has 0 aromatic heterocycles. The summed E-state index contributed by atoms with van der Waals surface area (Å²) in [6, 6.07) is 0. The quantitative estimate of drug-likeness (QED) is 0.806. The highest BCUT2D eigenvalue weighted by Gasteiger charge is 2.30. The molecule has 0 aromatic carbocycles. The van der Waals surface area contributed by atoms with Gasteiger partial charge in [0.2, 0.25) is 0 Å². The third-order valence-electron chi connectivity index (χ3n) is 1.95. The maximum Gasteiger partial charge on any atom is 0.272 e. The Morgan fingerprint density at radius 3 is 2.00 bits per heavy atom. The highest BCUT2D eigenvalue weighted by molar-refractivity contribution is 5.85. The van der Waals surface area contributed by atoms with Crippen LogP contribution in [-0.2, 0) is 0 Å². The molecule has 0 radical (unpaired) electrons. The number of alkyl halides is 2. The highest BCUT2D eigenvalue weighted by atomic mass is 35.5. The molecule has 13 heavy (non-hydrogen) atoms. The van der Waals surface area contributed by atoms with Gasteiger partial charge in [0, 0.05) is 0 Å². The van der Waals surface area contributed by atoms with Crippen LogP contribution in [0.1, 0.15) is 12.8 Å². The third kappa shape index (κ3) is 5.62. The number of rotatable bonds is 3. The third-order valence-corrected chi connectivity index (χ3v) is 1.95. The molecular weight excluding hydrogens is 221 g/mol. The molecule has 2 nitrogen and oxygen atoms in total. The van der Waals surface area contributed by atoms with Crippen molar-refractivity contribution in [2.45, 2.75) is 18.8 Å². The zero-order valence-corrected chi connectivity index (χ0v) is 8.97. The molecule has 0 saturated carbocycles. The van der Waals surface area contributed by atoms with Crippen molar-refractivity contribution in [3.8, 4) is 0 Å². The first-order valence-corrected chi connectivity index (χ1v) is 3.94. The van der Waals surface area contributed by atoms with Gasteiger partial charge >= 0.3 is 0 Å². The zero-order valence-electron chi connectivity index (χ0n) is 7.34. The Morgan fingerprint density at radius 1 is 1.15 bits per heavy atom. The van der Waals surface area contributed by atoms with Crippen LogP contribution in [0, 0.1) is 0 Å². The van der Waals surface area contributed by atoms with E-state index in [1.165, 1.54) is 0 Å². The van der Waals surface area contributed by atoms with Gasteiger partial charge in [0.15, 0.2) is 0 Å². The molecular formula is C7H16Cl2F2N2. The number of nitrogens with two attached hydrogens (primary N) is 1. The molecule has 1 heterocycles. The van der Waals surface area contributed by atoms with Crippen LogP contribution in [0.25, 0.3) is 0 Å². The van der Waals surface area contributed by atoms with Crippen LogP contribution < -0.4 is 5.73 Å². The lowest BCUT2D eigenvalue weighted by Gasteiger charge is -2.21. The molecule has 0 aliphatic carbocycles. The van der Waals surface area contributed by atoms with Gasteiger partial charge in [-0.1, -0.05) is 0 Å². The van der Waals surface area contributed by atoms with E-state index in [1.807, 2.05) is 0 Å². The lowest BCUT2D eigenvalue weighted by molar-refractivity contribution is -0.0180. The summed E-state index contributed by atoms with van der Waals surface area (Å²) in [7, 11) is 0. The molecule has 82 valence electrons. The van der Waals surface area contributed by atoms with Crippen molar-refractivity contribution in [1.29, 1.82) is 0 Å². The normalized spacial score (nSPS) is 17.8. The van der Waals surface area contributed by atoms with Crippen LogP contribution in [0.5, 0.6) is 0 Å². The Labute approximate surface area is 89.7 Å². The summed E-state index contributed by atoms with van der Waals surface area (Å²) in [6.07, 6.45) is 2.08. The van der Waals surface area contributed by atoms with E-state index >= 15 is 0 Å². The molecule has 0 unspecified atom stereocenters. The largest absolute Gasteiger partial charge is 0.325 e. The van der Waals surface area contributed by atoms with E-state index in [0.717, 1.165) is 25.9 Å². The van der Waals surface area contributed by atoms with Crippen molar-refractivity contribution in [1.82, 2.24) is 4.90 Å². The van der Waals surface area contributed by atoms with Crippen molar-refractivity contribution in [2.24, 2.45) is 5.73 Å². The first-order chi connectivity index (χ1) is 5.14. The van der Waals surface area contributed by atoms with E-state index in [0.29, 0.717) is 0 Å². The lowest BCUT2D eigenvalue weighted by Crippen LogP contribution is -2.40. The topological polar surface area (TPSA) is 29.3 Å². The summed E-state index contributed by atoms with van der Waals surface area (Å²) in [5.74, 6) is -2.69. The van der Waals surface area contributed by atoms with Crippen molar-refractivity contribution in [2.75, 3.05) is 26.2 Å². The average Bonchev–Trinajstić information content (AvgIpc) is 2.39. The second kappa shape index (κ2) is 6.76. The molecule has 0 spiro atoms. The molecule has 1 saturated heterocycles. The van der Waals surface area contributed by atoms with E-state index < -0.39 is 12.5 Å². The van der Waals surface area contributed by atoms with Crippen LogP contribution in [-0.4, -0.2) is 37.0 Å². The van der Waals surface area contributed by atoms with Crippen LogP contribution in [0.15, 0.2) is 0 Å². The molecule has 1 rings (SSSR count). The minimum absolute atomic E-state index is 0. The number of likely N-dealkylation sites (tertiary alicyclic amines) is 1. The molecule has 0 aromatic rings. The van der Waals surface area contributed by atoms with E-state index in [2.05, 4.69) is 0 Å². The van der Waals surface area contributed by atoms with Crippen molar-refractivity contribution in [3.63, 3.8) is 0 Å². The average molecular weight is 237 g/mol. The maximum atomic E-state index is 12.6. The Kier molecular flexibility index (Phi) is 8.23. The van der Waals surface area contributed by atoms with Gasteiger partial charge in [-0.25, -0.2) is 8.78 Å². The zero-order chi connectivity index (χ0) is 8.32. The van der Waals surface area contributed by atoms with Crippen molar-refractivity contribution >= 4 is 24.8 Å². The first-order valence-electron chi connectivity index (χ1n) is 3.94. The van der Waals surface area contributed by atoms with Crippen molar-refractivity contribution in [3.05, 3.63) is 0 Å². The summed E-state index contributed by atoms with van der Waals surface area (Å²) < 4.78 is 25.3. The van der Waals surface area contributed by atoms with E-state index in [9.17, 15) is 8.78 Å². The summed E-state index contributed by atoms with van der Waals surface area (Å²) in [5.41, 5.74) is 4.91. The predicted molar refractivity (Wildman–Crippen MR) is 54.2 cm³/mol. The van der Waals surface area contributed by atoms with E-state index in [4.69, 9.17) is 5.73 Å². The fourth-order valence-electron chi connectivity index (χ4n) is 1.33. The smallest absolute Gasteiger partial charge is 0.272 e. The summed E-state index contributed by atoms with van der Waals surface area (Å²) >= 11 is 0. The minimum Gasteiger partial charge on any atom is -0.325 e. The van der Waals surface area contributed by atoms with Crippen molar-refractivity contribution < 1.29 is 8.78 Å². The summed E-state index contributed by atoms with van der Waals surface area (Å²) in [6.45, 7) is 0.901. The number of halogens is 4.